The molecule has 0 saturated heterocycles. The Labute approximate surface area is 209 Å². The van der Waals surface area contributed by atoms with Crippen LogP contribution in [0.2, 0.25) is 5.15 Å². The molecule has 0 aliphatic carbocycles. The van der Waals surface area contributed by atoms with Gasteiger partial charge in [0, 0.05) is 18.7 Å². The zero-order chi connectivity index (χ0) is 25.4. The van der Waals surface area contributed by atoms with E-state index >= 15 is 0 Å². The summed E-state index contributed by atoms with van der Waals surface area (Å²) < 4.78 is 5.18. The molecule has 0 spiro atoms. The van der Waals surface area contributed by atoms with Crippen molar-refractivity contribution in [1.82, 2.24) is 25.5 Å². The van der Waals surface area contributed by atoms with Crippen molar-refractivity contribution in [2.24, 2.45) is 0 Å². The smallest absolute Gasteiger partial charge is 0.251 e. The Morgan fingerprint density at radius 3 is 2.66 bits per heavy atom. The fraction of sp³-hybridized carbons (Fsp3) is 0.320. The number of ether oxygens (including phenoxy) is 1. The molecular formula is C25H27ClN6O3. The highest BCUT2D eigenvalue weighted by atomic mass is 35.5. The Hall–Kier alpha value is -3.74. The van der Waals surface area contributed by atoms with Crippen LogP contribution in [0.1, 0.15) is 34.0 Å². The lowest BCUT2D eigenvalue weighted by molar-refractivity contribution is -0.121. The van der Waals surface area contributed by atoms with Crippen LogP contribution in [-0.4, -0.2) is 61.0 Å². The average Bonchev–Trinajstić information content (AvgIpc) is 2.85. The van der Waals surface area contributed by atoms with Crippen molar-refractivity contribution in [3.05, 3.63) is 64.4 Å². The number of hydrogen-bond donors (Lipinski definition) is 2. The Morgan fingerprint density at radius 2 is 1.94 bits per heavy atom. The minimum atomic E-state index is -1.25. The number of amides is 2. The number of nitriles is 1. The molecule has 0 bridgehead atoms. The Kier molecular flexibility index (Phi) is 8.95. The number of methoxy groups -OCH3 is 1. The van der Waals surface area contributed by atoms with Crippen molar-refractivity contribution >= 4 is 34.4 Å². The number of carbonyl (C=O) groups excluding carboxylic acids is 2. The van der Waals surface area contributed by atoms with Gasteiger partial charge in [-0.05, 0) is 63.0 Å². The minimum Gasteiger partial charge on any atom is -0.497 e. The molecule has 3 rings (SSSR count). The summed E-state index contributed by atoms with van der Waals surface area (Å²) in [5, 5.41) is 15.2. The van der Waals surface area contributed by atoms with Gasteiger partial charge in [-0.2, -0.15) is 5.26 Å². The molecule has 1 aromatic heterocycles. The van der Waals surface area contributed by atoms with E-state index in [4.69, 9.17) is 16.3 Å². The summed E-state index contributed by atoms with van der Waals surface area (Å²) in [5.41, 5.74) is 2.12. The monoisotopic (exact) mass is 494 g/mol. The van der Waals surface area contributed by atoms with Crippen molar-refractivity contribution in [3.63, 3.8) is 0 Å². The zero-order valence-electron chi connectivity index (χ0n) is 19.8. The van der Waals surface area contributed by atoms with Crippen LogP contribution in [0.5, 0.6) is 5.75 Å². The maximum atomic E-state index is 12.8. The van der Waals surface area contributed by atoms with E-state index in [1.807, 2.05) is 37.2 Å². The molecule has 9 nitrogen and oxygen atoms in total. The molecule has 1 heterocycles. The van der Waals surface area contributed by atoms with E-state index in [9.17, 15) is 14.9 Å². The van der Waals surface area contributed by atoms with Gasteiger partial charge in [0.05, 0.1) is 24.2 Å². The molecule has 2 amide bonds. The summed E-state index contributed by atoms with van der Waals surface area (Å²) in [7, 11) is 5.51. The first-order valence-electron chi connectivity index (χ1n) is 11.0. The third kappa shape index (κ3) is 6.88. The normalized spacial score (nSPS) is 11.7. The quantitative estimate of drug-likeness (QED) is 0.416. The summed E-state index contributed by atoms with van der Waals surface area (Å²) in [5.74, 6) is -1.35. The summed E-state index contributed by atoms with van der Waals surface area (Å²) in [6, 6.07) is 14.0. The largest absolute Gasteiger partial charge is 0.497 e. The molecule has 0 fully saturated rings. The van der Waals surface area contributed by atoms with Crippen LogP contribution in [0, 0.1) is 11.3 Å². The van der Waals surface area contributed by atoms with Crippen LogP contribution in [0.15, 0.2) is 42.5 Å². The standard InChI is InChI=1S/C25H27ClN6O3/c1-32(2)11-5-10-28-24(33)17-8-9-20-21(13-17)31-23(26)22(30-20)19(14-27)25(34)29-15-16-6-4-7-18(12-16)35-3/h4,6-9,12-13,19H,5,10-11,15H2,1-3H3,(H,28,33)(H,29,34). The van der Waals surface area contributed by atoms with E-state index in [1.165, 1.54) is 0 Å². The third-order valence-corrected chi connectivity index (χ3v) is 5.52. The zero-order valence-corrected chi connectivity index (χ0v) is 20.6. The SMILES string of the molecule is COc1cccc(CNC(=O)C(C#N)c2nc3ccc(C(=O)NCCCN(C)C)cc3nc2Cl)c1. The van der Waals surface area contributed by atoms with Crippen LogP contribution >= 0.6 is 11.6 Å². The van der Waals surface area contributed by atoms with E-state index in [1.54, 1.807) is 37.4 Å². The highest BCUT2D eigenvalue weighted by Gasteiger charge is 2.26. The Bertz CT molecular complexity index is 1260. The second-order valence-electron chi connectivity index (χ2n) is 8.15. The lowest BCUT2D eigenvalue weighted by Crippen LogP contribution is -2.29. The van der Waals surface area contributed by atoms with E-state index in [0.29, 0.717) is 28.9 Å². The van der Waals surface area contributed by atoms with Gasteiger partial charge in [-0.25, -0.2) is 9.97 Å². The van der Waals surface area contributed by atoms with Crippen molar-refractivity contribution in [2.75, 3.05) is 34.3 Å². The van der Waals surface area contributed by atoms with Crippen molar-refractivity contribution in [1.29, 1.82) is 5.26 Å². The van der Waals surface area contributed by atoms with Gasteiger partial charge in [-0.3, -0.25) is 9.59 Å². The molecule has 0 aliphatic rings. The number of nitrogens with zero attached hydrogens (tertiary/aromatic N) is 4. The van der Waals surface area contributed by atoms with Gasteiger partial charge >= 0.3 is 0 Å². The predicted octanol–water partition coefficient (Wildman–Crippen LogP) is 2.90. The van der Waals surface area contributed by atoms with Gasteiger partial charge in [0.1, 0.15) is 11.4 Å². The molecule has 2 aromatic carbocycles. The second kappa shape index (κ2) is 12.1. The highest BCUT2D eigenvalue weighted by Crippen LogP contribution is 2.25. The molecule has 3 aromatic rings. The van der Waals surface area contributed by atoms with Gasteiger partial charge in [0.25, 0.3) is 5.91 Å². The Morgan fingerprint density at radius 1 is 1.14 bits per heavy atom. The average molecular weight is 495 g/mol. The first kappa shape index (κ1) is 25.9. The first-order valence-corrected chi connectivity index (χ1v) is 11.4. The number of rotatable bonds is 10. The number of nitrogens with one attached hydrogen (secondary N) is 2. The molecule has 0 radical (unpaired) electrons. The van der Waals surface area contributed by atoms with E-state index in [0.717, 1.165) is 18.5 Å². The molecule has 10 heteroatoms. The van der Waals surface area contributed by atoms with Gasteiger partial charge in [0.2, 0.25) is 5.91 Å². The number of halogens is 1. The Balaban J connectivity index is 1.73. The summed E-state index contributed by atoms with van der Waals surface area (Å²) in [6.45, 7) is 1.63. The molecule has 1 atom stereocenters. The van der Waals surface area contributed by atoms with Crippen LogP contribution in [0.25, 0.3) is 11.0 Å². The molecular weight excluding hydrogens is 468 g/mol. The van der Waals surface area contributed by atoms with Gasteiger partial charge < -0.3 is 20.3 Å². The second-order valence-corrected chi connectivity index (χ2v) is 8.51. The lowest BCUT2D eigenvalue weighted by Gasteiger charge is -2.13. The number of hydrogen-bond acceptors (Lipinski definition) is 7. The maximum absolute atomic E-state index is 12.8. The van der Waals surface area contributed by atoms with E-state index in [-0.39, 0.29) is 23.3 Å². The number of aromatic nitrogens is 2. The molecule has 0 aliphatic heterocycles. The molecule has 35 heavy (non-hydrogen) atoms. The number of benzene rings is 2. The molecule has 1 unspecified atom stereocenters. The van der Waals surface area contributed by atoms with Crippen molar-refractivity contribution in [2.45, 2.75) is 18.9 Å². The van der Waals surface area contributed by atoms with Crippen LogP contribution in [0.3, 0.4) is 0 Å². The first-order chi connectivity index (χ1) is 16.8. The lowest BCUT2D eigenvalue weighted by atomic mass is 10.1. The van der Waals surface area contributed by atoms with Gasteiger partial charge in [0.15, 0.2) is 11.1 Å². The van der Waals surface area contributed by atoms with Crippen LogP contribution < -0.4 is 15.4 Å². The molecule has 182 valence electrons. The third-order valence-electron chi connectivity index (χ3n) is 5.24. The molecule has 0 saturated carbocycles. The van der Waals surface area contributed by atoms with Crippen molar-refractivity contribution < 1.29 is 14.3 Å². The van der Waals surface area contributed by atoms with Crippen LogP contribution in [0.4, 0.5) is 0 Å². The maximum Gasteiger partial charge on any atom is 0.251 e. The molecule has 2 N–H and O–H groups in total. The fourth-order valence-electron chi connectivity index (χ4n) is 3.39. The predicted molar refractivity (Wildman–Crippen MR) is 133 cm³/mol. The minimum absolute atomic E-state index is 0.0608. The van der Waals surface area contributed by atoms with Gasteiger partial charge in [-0.1, -0.05) is 23.7 Å². The fourth-order valence-corrected chi connectivity index (χ4v) is 3.63. The van der Waals surface area contributed by atoms with Crippen molar-refractivity contribution in [3.8, 4) is 11.8 Å². The summed E-state index contributed by atoms with van der Waals surface area (Å²) >= 11 is 6.32. The number of carbonyl (C=O) groups is 2. The van der Waals surface area contributed by atoms with Crippen LogP contribution in [-0.2, 0) is 11.3 Å². The van der Waals surface area contributed by atoms with E-state index < -0.39 is 11.8 Å². The topological polar surface area (TPSA) is 120 Å². The van der Waals surface area contributed by atoms with Gasteiger partial charge in [-0.15, -0.1) is 0 Å². The highest BCUT2D eigenvalue weighted by molar-refractivity contribution is 6.30. The summed E-state index contributed by atoms with van der Waals surface area (Å²) in [4.78, 5) is 36.0. The number of fused-ring (bicyclic) bond motifs is 1. The summed E-state index contributed by atoms with van der Waals surface area (Å²) in [6.07, 6.45) is 0.830. The van der Waals surface area contributed by atoms with E-state index in [2.05, 4.69) is 20.6 Å².